The van der Waals surface area contributed by atoms with E-state index in [-0.39, 0.29) is 11.9 Å². The highest BCUT2D eigenvalue weighted by Crippen LogP contribution is 2.32. The van der Waals surface area contributed by atoms with Crippen molar-refractivity contribution in [2.45, 2.75) is 57.3 Å². The topological polar surface area (TPSA) is 49.6 Å². The lowest BCUT2D eigenvalue weighted by Gasteiger charge is -2.39. The summed E-state index contributed by atoms with van der Waals surface area (Å²) in [5, 5.41) is 0. The molecule has 2 N–H and O–H groups in total. The van der Waals surface area contributed by atoms with Crippen molar-refractivity contribution in [2.24, 2.45) is 5.73 Å². The van der Waals surface area contributed by atoms with E-state index in [1.54, 1.807) is 0 Å². The molecule has 1 aromatic rings. The number of nitrogens with two attached hydrogens (primary N) is 1. The standard InChI is InChI=1S/C18H27N3O/c1-14(19)18(22)21(16-7-8-16)17-9-11-20(12-10-17)13-15-5-3-2-4-6-15/h2-6,14,16-17H,7-13,19H2,1H3/t14-/m0/s1. The lowest BCUT2D eigenvalue weighted by molar-refractivity contribution is -0.136. The highest BCUT2D eigenvalue weighted by atomic mass is 16.2. The van der Waals surface area contributed by atoms with Gasteiger partial charge in [-0.2, -0.15) is 0 Å². The fourth-order valence-corrected chi connectivity index (χ4v) is 3.44. The van der Waals surface area contributed by atoms with Gasteiger partial charge in [0.15, 0.2) is 0 Å². The summed E-state index contributed by atoms with van der Waals surface area (Å²) in [6.07, 6.45) is 4.45. The average molecular weight is 301 g/mol. The largest absolute Gasteiger partial charge is 0.335 e. The quantitative estimate of drug-likeness (QED) is 0.905. The van der Waals surface area contributed by atoms with Crippen LogP contribution in [0.25, 0.3) is 0 Å². The van der Waals surface area contributed by atoms with Gasteiger partial charge in [-0.15, -0.1) is 0 Å². The maximum atomic E-state index is 12.4. The van der Waals surface area contributed by atoms with Crippen molar-refractivity contribution in [1.82, 2.24) is 9.80 Å². The van der Waals surface area contributed by atoms with Gasteiger partial charge < -0.3 is 10.6 Å². The molecule has 4 nitrogen and oxygen atoms in total. The number of likely N-dealkylation sites (tertiary alicyclic amines) is 1. The van der Waals surface area contributed by atoms with E-state index in [4.69, 9.17) is 5.73 Å². The zero-order chi connectivity index (χ0) is 15.5. The van der Waals surface area contributed by atoms with Crippen molar-refractivity contribution in [1.29, 1.82) is 0 Å². The minimum atomic E-state index is -0.372. The summed E-state index contributed by atoms with van der Waals surface area (Å²) in [6, 6.07) is 11.1. The van der Waals surface area contributed by atoms with Gasteiger partial charge in [0, 0.05) is 31.7 Å². The molecular weight excluding hydrogens is 274 g/mol. The van der Waals surface area contributed by atoms with Crippen LogP contribution in [0.3, 0.4) is 0 Å². The van der Waals surface area contributed by atoms with Crippen LogP contribution in [0.1, 0.15) is 38.2 Å². The molecule has 2 fully saturated rings. The van der Waals surface area contributed by atoms with E-state index < -0.39 is 0 Å². The second-order valence-corrected chi connectivity index (χ2v) is 6.76. The van der Waals surface area contributed by atoms with Gasteiger partial charge in [0.05, 0.1) is 6.04 Å². The number of hydrogen-bond acceptors (Lipinski definition) is 3. The molecule has 1 heterocycles. The zero-order valence-corrected chi connectivity index (χ0v) is 13.4. The Labute approximate surface area is 133 Å². The SMILES string of the molecule is C[C@H](N)C(=O)N(C1CC1)C1CCN(Cc2ccccc2)CC1. The number of rotatable bonds is 5. The molecule has 1 saturated heterocycles. The molecule has 2 aliphatic rings. The van der Waals surface area contributed by atoms with Crippen molar-refractivity contribution < 1.29 is 4.79 Å². The third-order valence-electron chi connectivity index (χ3n) is 4.78. The van der Waals surface area contributed by atoms with Gasteiger partial charge in [0.25, 0.3) is 0 Å². The molecule has 1 saturated carbocycles. The Kier molecular flexibility index (Phi) is 4.79. The molecular formula is C18H27N3O. The number of amides is 1. The fraction of sp³-hybridized carbons (Fsp3) is 0.611. The van der Waals surface area contributed by atoms with E-state index in [0.717, 1.165) is 45.3 Å². The van der Waals surface area contributed by atoms with E-state index in [1.807, 2.05) is 6.92 Å². The zero-order valence-electron chi connectivity index (χ0n) is 13.4. The molecule has 0 radical (unpaired) electrons. The van der Waals surface area contributed by atoms with Crippen molar-refractivity contribution in [3.63, 3.8) is 0 Å². The van der Waals surface area contributed by atoms with Crippen molar-refractivity contribution in [2.75, 3.05) is 13.1 Å². The van der Waals surface area contributed by atoms with Crippen LogP contribution in [-0.4, -0.2) is 46.9 Å². The average Bonchev–Trinajstić information content (AvgIpc) is 3.35. The normalized spacial score (nSPS) is 21.5. The summed E-state index contributed by atoms with van der Waals surface area (Å²) in [4.78, 5) is 17.0. The van der Waals surface area contributed by atoms with Gasteiger partial charge in [-0.25, -0.2) is 0 Å². The molecule has 0 aromatic heterocycles. The summed E-state index contributed by atoms with van der Waals surface area (Å²) in [6.45, 7) is 4.95. The van der Waals surface area contributed by atoms with Gasteiger partial charge in [-0.3, -0.25) is 9.69 Å². The third kappa shape index (κ3) is 3.68. The van der Waals surface area contributed by atoms with Crippen LogP contribution in [0.4, 0.5) is 0 Å². The minimum Gasteiger partial charge on any atom is -0.335 e. The van der Waals surface area contributed by atoms with Crippen LogP contribution < -0.4 is 5.73 Å². The van der Waals surface area contributed by atoms with Crippen LogP contribution in [-0.2, 0) is 11.3 Å². The molecule has 1 atom stereocenters. The number of benzene rings is 1. The molecule has 3 rings (SSSR count). The lowest BCUT2D eigenvalue weighted by Crippen LogP contribution is -2.52. The summed E-state index contributed by atoms with van der Waals surface area (Å²) < 4.78 is 0. The van der Waals surface area contributed by atoms with Crippen LogP contribution in [0, 0.1) is 0 Å². The molecule has 0 bridgehead atoms. The van der Waals surface area contributed by atoms with Crippen molar-refractivity contribution in [3.8, 4) is 0 Å². The highest BCUT2D eigenvalue weighted by Gasteiger charge is 2.39. The van der Waals surface area contributed by atoms with Crippen LogP contribution >= 0.6 is 0 Å². The van der Waals surface area contributed by atoms with Crippen LogP contribution in [0.5, 0.6) is 0 Å². The van der Waals surface area contributed by atoms with Crippen LogP contribution in [0.15, 0.2) is 30.3 Å². The Bertz CT molecular complexity index is 490. The molecule has 22 heavy (non-hydrogen) atoms. The van der Waals surface area contributed by atoms with E-state index in [1.165, 1.54) is 5.56 Å². The molecule has 0 spiro atoms. The highest BCUT2D eigenvalue weighted by molar-refractivity contribution is 5.82. The lowest BCUT2D eigenvalue weighted by atomic mass is 10.0. The molecule has 4 heteroatoms. The first-order valence-corrected chi connectivity index (χ1v) is 8.49. The number of carbonyl (C=O) groups excluding carboxylic acids is 1. The van der Waals surface area contributed by atoms with Crippen LogP contribution in [0.2, 0.25) is 0 Å². The number of carbonyl (C=O) groups is 1. The Hall–Kier alpha value is -1.39. The monoisotopic (exact) mass is 301 g/mol. The van der Waals surface area contributed by atoms with Gasteiger partial charge in [-0.1, -0.05) is 30.3 Å². The van der Waals surface area contributed by atoms with E-state index in [2.05, 4.69) is 40.1 Å². The Morgan fingerprint density at radius 2 is 1.77 bits per heavy atom. The van der Waals surface area contributed by atoms with Gasteiger partial charge >= 0.3 is 0 Å². The molecule has 1 aromatic carbocycles. The second kappa shape index (κ2) is 6.80. The number of nitrogens with zero attached hydrogens (tertiary/aromatic N) is 2. The number of piperidine rings is 1. The van der Waals surface area contributed by atoms with E-state index in [9.17, 15) is 4.79 Å². The van der Waals surface area contributed by atoms with E-state index >= 15 is 0 Å². The first-order chi connectivity index (χ1) is 10.6. The minimum absolute atomic E-state index is 0.143. The maximum absolute atomic E-state index is 12.4. The first kappa shape index (κ1) is 15.5. The fourth-order valence-electron chi connectivity index (χ4n) is 3.44. The third-order valence-corrected chi connectivity index (χ3v) is 4.78. The Balaban J connectivity index is 1.55. The van der Waals surface area contributed by atoms with Gasteiger partial charge in [0.1, 0.15) is 0 Å². The summed E-state index contributed by atoms with van der Waals surface area (Å²) in [5.41, 5.74) is 7.20. The summed E-state index contributed by atoms with van der Waals surface area (Å²) in [5.74, 6) is 0.143. The second-order valence-electron chi connectivity index (χ2n) is 6.76. The molecule has 1 aliphatic carbocycles. The Morgan fingerprint density at radius 3 is 2.32 bits per heavy atom. The van der Waals surface area contributed by atoms with Crippen molar-refractivity contribution >= 4 is 5.91 Å². The Morgan fingerprint density at radius 1 is 1.18 bits per heavy atom. The predicted molar refractivity (Wildman–Crippen MR) is 88.3 cm³/mol. The molecule has 1 aliphatic heterocycles. The molecule has 1 amide bonds. The van der Waals surface area contributed by atoms with Crippen molar-refractivity contribution in [3.05, 3.63) is 35.9 Å². The first-order valence-electron chi connectivity index (χ1n) is 8.49. The van der Waals surface area contributed by atoms with E-state index in [0.29, 0.717) is 12.1 Å². The maximum Gasteiger partial charge on any atom is 0.239 e. The summed E-state index contributed by atoms with van der Waals surface area (Å²) in [7, 11) is 0. The van der Waals surface area contributed by atoms with Gasteiger partial charge in [0.2, 0.25) is 5.91 Å². The smallest absolute Gasteiger partial charge is 0.239 e. The predicted octanol–water partition coefficient (Wildman–Crippen LogP) is 1.99. The molecule has 120 valence electrons. The molecule has 0 unspecified atom stereocenters. The summed E-state index contributed by atoms with van der Waals surface area (Å²) >= 11 is 0. The van der Waals surface area contributed by atoms with Gasteiger partial charge in [-0.05, 0) is 38.2 Å². The number of hydrogen-bond donors (Lipinski definition) is 1.